The van der Waals surface area contributed by atoms with Crippen LogP contribution in [0.3, 0.4) is 0 Å². The van der Waals surface area contributed by atoms with Crippen molar-refractivity contribution in [2.75, 3.05) is 6.54 Å². The van der Waals surface area contributed by atoms with E-state index in [1.807, 2.05) is 19.1 Å². The summed E-state index contributed by atoms with van der Waals surface area (Å²) >= 11 is 0. The van der Waals surface area contributed by atoms with Gasteiger partial charge in [-0.15, -0.1) is 0 Å². The second-order valence-electron chi connectivity index (χ2n) is 6.28. The fourth-order valence-corrected chi connectivity index (χ4v) is 2.43. The molecule has 0 aliphatic heterocycles. The molecule has 0 saturated carbocycles. The van der Waals surface area contributed by atoms with Crippen molar-refractivity contribution in [1.29, 1.82) is 0 Å². The summed E-state index contributed by atoms with van der Waals surface area (Å²) in [6.07, 6.45) is 6.58. The molecule has 0 heterocycles. The van der Waals surface area contributed by atoms with Crippen LogP contribution in [-0.2, 0) is 6.54 Å². The maximum absolute atomic E-state index is 11.1. The van der Waals surface area contributed by atoms with Gasteiger partial charge in [0.05, 0.1) is 0 Å². The van der Waals surface area contributed by atoms with Crippen LogP contribution in [0, 0.1) is 12.8 Å². The Kier molecular flexibility index (Phi) is 8.06. The highest BCUT2D eigenvalue weighted by Gasteiger charge is 2.03. The summed E-state index contributed by atoms with van der Waals surface area (Å²) in [6, 6.07) is 5.66. The van der Waals surface area contributed by atoms with E-state index in [2.05, 4.69) is 19.2 Å². The highest BCUT2D eigenvalue weighted by molar-refractivity contribution is 5.93. The maximum atomic E-state index is 11.1. The molecule has 1 aromatic rings. The zero-order valence-electron chi connectivity index (χ0n) is 13.7. The number of nitrogens with two attached hydrogens (primary N) is 1. The van der Waals surface area contributed by atoms with Crippen LogP contribution < -0.4 is 11.1 Å². The summed E-state index contributed by atoms with van der Waals surface area (Å²) in [4.78, 5) is 11.1. The van der Waals surface area contributed by atoms with Crippen LogP contribution >= 0.6 is 0 Å². The van der Waals surface area contributed by atoms with Crippen molar-refractivity contribution in [3.8, 4) is 0 Å². The van der Waals surface area contributed by atoms with Crippen molar-refractivity contribution in [1.82, 2.24) is 5.32 Å². The lowest BCUT2D eigenvalue weighted by Crippen LogP contribution is -2.16. The third kappa shape index (κ3) is 7.28. The van der Waals surface area contributed by atoms with E-state index >= 15 is 0 Å². The number of carbonyl (C=O) groups is 1. The minimum Gasteiger partial charge on any atom is -0.366 e. The van der Waals surface area contributed by atoms with Crippen LogP contribution in [0.15, 0.2) is 18.2 Å². The minimum absolute atomic E-state index is 0.362. The quantitative estimate of drug-likeness (QED) is 0.644. The summed E-state index contributed by atoms with van der Waals surface area (Å²) in [5.41, 5.74) is 8.22. The third-order valence-corrected chi connectivity index (χ3v) is 3.83. The molecule has 3 nitrogen and oxygen atoms in total. The zero-order chi connectivity index (χ0) is 15.7. The molecular weight excluding hydrogens is 260 g/mol. The average Bonchev–Trinajstić information content (AvgIpc) is 2.42. The minimum atomic E-state index is -0.362. The van der Waals surface area contributed by atoms with Crippen molar-refractivity contribution in [3.05, 3.63) is 34.9 Å². The van der Waals surface area contributed by atoms with Gasteiger partial charge in [0, 0.05) is 12.1 Å². The molecule has 1 aromatic carbocycles. The molecule has 0 bridgehead atoms. The smallest absolute Gasteiger partial charge is 0.248 e. The molecule has 0 unspecified atom stereocenters. The van der Waals surface area contributed by atoms with Crippen molar-refractivity contribution in [2.24, 2.45) is 11.7 Å². The van der Waals surface area contributed by atoms with E-state index < -0.39 is 0 Å². The average molecular weight is 290 g/mol. The topological polar surface area (TPSA) is 55.1 Å². The maximum Gasteiger partial charge on any atom is 0.248 e. The van der Waals surface area contributed by atoms with E-state index in [1.54, 1.807) is 6.07 Å². The number of primary amides is 1. The first-order valence-corrected chi connectivity index (χ1v) is 8.10. The van der Waals surface area contributed by atoms with Gasteiger partial charge in [0.2, 0.25) is 5.91 Å². The molecule has 0 aliphatic carbocycles. The van der Waals surface area contributed by atoms with E-state index in [4.69, 9.17) is 5.73 Å². The lowest BCUT2D eigenvalue weighted by Gasteiger charge is -2.09. The van der Waals surface area contributed by atoms with E-state index in [1.165, 1.54) is 37.7 Å². The Balaban J connectivity index is 2.17. The first-order chi connectivity index (χ1) is 10.0. The predicted octanol–water partition coefficient (Wildman–Crippen LogP) is 3.79. The molecule has 0 aliphatic rings. The highest BCUT2D eigenvalue weighted by Crippen LogP contribution is 2.11. The number of carbonyl (C=O) groups excluding carboxylic acids is 1. The zero-order valence-corrected chi connectivity index (χ0v) is 13.7. The van der Waals surface area contributed by atoms with E-state index in [9.17, 15) is 4.79 Å². The summed E-state index contributed by atoms with van der Waals surface area (Å²) in [7, 11) is 0. The second-order valence-corrected chi connectivity index (χ2v) is 6.28. The molecule has 21 heavy (non-hydrogen) atoms. The van der Waals surface area contributed by atoms with Gasteiger partial charge in [0.25, 0.3) is 0 Å². The standard InChI is InChI=1S/C18H30N2O/c1-14(2)8-6-4-5-7-11-20-13-17-10-9-16(18(19)21)12-15(17)3/h9-10,12,14,20H,4-8,11,13H2,1-3H3,(H2,19,21). The summed E-state index contributed by atoms with van der Waals surface area (Å²) < 4.78 is 0. The predicted molar refractivity (Wildman–Crippen MR) is 89.3 cm³/mol. The summed E-state index contributed by atoms with van der Waals surface area (Å²) in [5.74, 6) is 0.466. The largest absolute Gasteiger partial charge is 0.366 e. The van der Waals surface area contributed by atoms with Gasteiger partial charge in [-0.3, -0.25) is 4.79 Å². The number of hydrogen-bond donors (Lipinski definition) is 2. The number of benzene rings is 1. The summed E-state index contributed by atoms with van der Waals surface area (Å²) in [6.45, 7) is 8.51. The molecule has 0 fully saturated rings. The Hall–Kier alpha value is -1.35. The summed E-state index contributed by atoms with van der Waals surface area (Å²) in [5, 5.41) is 3.47. The molecule has 1 amide bonds. The highest BCUT2D eigenvalue weighted by atomic mass is 16.1. The molecule has 1 rings (SSSR count). The van der Waals surface area contributed by atoms with Crippen molar-refractivity contribution in [2.45, 2.75) is 59.4 Å². The Labute approximate surface area is 129 Å². The van der Waals surface area contributed by atoms with Crippen molar-refractivity contribution < 1.29 is 4.79 Å². The molecule has 118 valence electrons. The molecule has 0 aromatic heterocycles. The number of amides is 1. The van der Waals surface area contributed by atoms with Gasteiger partial charge in [-0.05, 0) is 49.1 Å². The molecular formula is C18H30N2O. The molecule has 0 saturated heterocycles. The molecule has 3 N–H and O–H groups in total. The van der Waals surface area contributed by atoms with Gasteiger partial charge in [-0.25, -0.2) is 0 Å². The SMILES string of the molecule is Cc1cc(C(N)=O)ccc1CNCCCCCCC(C)C. The van der Waals surface area contributed by atoms with Crippen LogP contribution in [0.2, 0.25) is 0 Å². The number of unbranched alkanes of at least 4 members (excludes halogenated alkanes) is 3. The Morgan fingerprint density at radius 1 is 1.19 bits per heavy atom. The Morgan fingerprint density at radius 3 is 2.52 bits per heavy atom. The van der Waals surface area contributed by atoms with Gasteiger partial charge in [-0.1, -0.05) is 45.6 Å². The lowest BCUT2D eigenvalue weighted by atomic mass is 10.0. The van der Waals surface area contributed by atoms with Crippen LogP contribution in [0.1, 0.15) is 67.4 Å². The van der Waals surface area contributed by atoms with Crippen LogP contribution in [-0.4, -0.2) is 12.5 Å². The fraction of sp³-hybridized carbons (Fsp3) is 0.611. The Morgan fingerprint density at radius 2 is 1.90 bits per heavy atom. The number of rotatable bonds is 10. The Bertz CT molecular complexity index is 441. The first-order valence-electron chi connectivity index (χ1n) is 8.10. The molecule has 0 spiro atoms. The number of aryl methyl sites for hydroxylation is 1. The third-order valence-electron chi connectivity index (χ3n) is 3.83. The lowest BCUT2D eigenvalue weighted by molar-refractivity contribution is 0.1000. The normalized spacial score (nSPS) is 11.0. The second kappa shape index (κ2) is 9.56. The van der Waals surface area contributed by atoms with Crippen molar-refractivity contribution >= 4 is 5.91 Å². The van der Waals surface area contributed by atoms with Gasteiger partial charge < -0.3 is 11.1 Å². The number of nitrogens with one attached hydrogen (secondary N) is 1. The molecule has 0 atom stereocenters. The van der Waals surface area contributed by atoms with Gasteiger partial charge >= 0.3 is 0 Å². The monoisotopic (exact) mass is 290 g/mol. The van der Waals surface area contributed by atoms with Gasteiger partial charge in [0.1, 0.15) is 0 Å². The van der Waals surface area contributed by atoms with Crippen LogP contribution in [0.25, 0.3) is 0 Å². The van der Waals surface area contributed by atoms with Crippen LogP contribution in [0.5, 0.6) is 0 Å². The first kappa shape index (κ1) is 17.7. The van der Waals surface area contributed by atoms with Crippen molar-refractivity contribution in [3.63, 3.8) is 0 Å². The van der Waals surface area contributed by atoms with Crippen LogP contribution in [0.4, 0.5) is 0 Å². The molecule has 3 heteroatoms. The van der Waals surface area contributed by atoms with E-state index in [0.717, 1.165) is 24.6 Å². The van der Waals surface area contributed by atoms with Gasteiger partial charge in [0.15, 0.2) is 0 Å². The number of hydrogen-bond acceptors (Lipinski definition) is 2. The van der Waals surface area contributed by atoms with E-state index in [-0.39, 0.29) is 5.91 Å². The van der Waals surface area contributed by atoms with E-state index in [0.29, 0.717) is 5.56 Å². The fourth-order valence-electron chi connectivity index (χ4n) is 2.43. The van der Waals surface area contributed by atoms with Gasteiger partial charge in [-0.2, -0.15) is 0 Å². The molecule has 0 radical (unpaired) electrons.